The summed E-state index contributed by atoms with van der Waals surface area (Å²) in [6.07, 6.45) is 1.94. The Balaban J connectivity index is 1.44. The van der Waals surface area contributed by atoms with Crippen LogP contribution in [0.1, 0.15) is 22.8 Å². The minimum atomic E-state index is -0.309. The molecule has 0 aliphatic heterocycles. The van der Waals surface area contributed by atoms with Crippen LogP contribution in [-0.2, 0) is 11.3 Å². The number of rotatable bonds is 9. The van der Waals surface area contributed by atoms with Crippen LogP contribution in [0.15, 0.2) is 91.1 Å². The second kappa shape index (κ2) is 11.2. The van der Waals surface area contributed by atoms with E-state index in [2.05, 4.69) is 5.32 Å². The van der Waals surface area contributed by atoms with Crippen molar-refractivity contribution in [3.63, 3.8) is 0 Å². The molecule has 2 amide bonds. The molecule has 0 atom stereocenters. The summed E-state index contributed by atoms with van der Waals surface area (Å²) in [6.45, 7) is 2.71. The summed E-state index contributed by atoms with van der Waals surface area (Å²) in [5, 5.41) is 7.50. The van der Waals surface area contributed by atoms with Crippen molar-refractivity contribution in [1.29, 1.82) is 0 Å². The Hall–Kier alpha value is -4.39. The molecule has 0 radical (unpaired) electrons. The Labute approximate surface area is 205 Å². The maximum Gasteiger partial charge on any atom is 0.251 e. The molecule has 0 fully saturated rings. The SMILES string of the molecule is CCOc1ccc(C(=O)NCC(=O)N(C)Cc2cn(-c3ccccc3)nc2-c2ccccc2)cc1. The van der Waals surface area contributed by atoms with Crippen LogP contribution in [0.4, 0.5) is 0 Å². The Morgan fingerprint density at radius 3 is 2.26 bits per heavy atom. The zero-order valence-electron chi connectivity index (χ0n) is 19.8. The van der Waals surface area contributed by atoms with Crippen LogP contribution < -0.4 is 10.1 Å². The number of likely N-dealkylation sites (N-methyl/N-ethyl adjacent to an activating group) is 1. The van der Waals surface area contributed by atoms with Gasteiger partial charge in [-0.05, 0) is 43.3 Å². The summed E-state index contributed by atoms with van der Waals surface area (Å²) in [5.41, 5.74) is 4.11. The quantitative estimate of drug-likeness (QED) is 0.397. The number of carbonyl (C=O) groups excluding carboxylic acids is 2. The van der Waals surface area contributed by atoms with Crippen molar-refractivity contribution >= 4 is 11.8 Å². The highest BCUT2D eigenvalue weighted by atomic mass is 16.5. The van der Waals surface area contributed by atoms with Gasteiger partial charge >= 0.3 is 0 Å². The zero-order valence-corrected chi connectivity index (χ0v) is 19.8. The molecule has 4 aromatic rings. The lowest BCUT2D eigenvalue weighted by atomic mass is 10.1. The van der Waals surface area contributed by atoms with E-state index >= 15 is 0 Å². The molecule has 0 aliphatic rings. The van der Waals surface area contributed by atoms with Crippen molar-refractivity contribution in [3.05, 3.63) is 102 Å². The van der Waals surface area contributed by atoms with Crippen LogP contribution in [0.2, 0.25) is 0 Å². The summed E-state index contributed by atoms with van der Waals surface area (Å²) < 4.78 is 7.22. The number of hydrogen-bond acceptors (Lipinski definition) is 4. The summed E-state index contributed by atoms with van der Waals surface area (Å²) >= 11 is 0. The molecule has 1 N–H and O–H groups in total. The minimum absolute atomic E-state index is 0.101. The highest BCUT2D eigenvalue weighted by molar-refractivity contribution is 5.96. The fraction of sp³-hybridized carbons (Fsp3) is 0.179. The molecule has 0 aliphatic carbocycles. The Morgan fingerprint density at radius 2 is 1.60 bits per heavy atom. The fourth-order valence-corrected chi connectivity index (χ4v) is 3.68. The van der Waals surface area contributed by atoms with Gasteiger partial charge in [-0.2, -0.15) is 5.10 Å². The first-order valence-electron chi connectivity index (χ1n) is 11.5. The second-order valence-electron chi connectivity index (χ2n) is 8.04. The lowest BCUT2D eigenvalue weighted by Gasteiger charge is -2.17. The van der Waals surface area contributed by atoms with Crippen LogP contribution in [-0.4, -0.2) is 46.7 Å². The zero-order chi connectivity index (χ0) is 24.6. The molecule has 35 heavy (non-hydrogen) atoms. The Morgan fingerprint density at radius 1 is 0.943 bits per heavy atom. The predicted octanol–water partition coefficient (Wildman–Crippen LogP) is 4.33. The molecule has 178 valence electrons. The van der Waals surface area contributed by atoms with Gasteiger partial charge in [-0.3, -0.25) is 9.59 Å². The average Bonchev–Trinajstić information content (AvgIpc) is 3.32. The van der Waals surface area contributed by atoms with Crippen LogP contribution in [0.25, 0.3) is 16.9 Å². The molecule has 1 aromatic heterocycles. The third kappa shape index (κ3) is 5.95. The van der Waals surface area contributed by atoms with E-state index in [4.69, 9.17) is 9.84 Å². The summed E-state index contributed by atoms with van der Waals surface area (Å²) in [6, 6.07) is 26.6. The summed E-state index contributed by atoms with van der Waals surface area (Å²) in [7, 11) is 1.72. The predicted molar refractivity (Wildman–Crippen MR) is 135 cm³/mol. The van der Waals surface area contributed by atoms with Gasteiger partial charge in [0.25, 0.3) is 5.91 Å². The van der Waals surface area contributed by atoms with Crippen molar-refractivity contribution in [1.82, 2.24) is 20.0 Å². The molecule has 0 bridgehead atoms. The standard InChI is InChI=1S/C28H28N4O3/c1-3-35-25-16-14-22(15-17-25)28(34)29-18-26(33)31(2)19-23-20-32(24-12-8-5-9-13-24)30-27(23)21-10-6-4-7-11-21/h4-17,20H,3,18-19H2,1-2H3,(H,29,34). The highest BCUT2D eigenvalue weighted by Crippen LogP contribution is 2.24. The first-order valence-corrected chi connectivity index (χ1v) is 11.5. The van der Waals surface area contributed by atoms with E-state index in [1.165, 1.54) is 0 Å². The largest absolute Gasteiger partial charge is 0.494 e. The molecular weight excluding hydrogens is 440 g/mol. The van der Waals surface area contributed by atoms with E-state index in [1.54, 1.807) is 36.2 Å². The van der Waals surface area contributed by atoms with Gasteiger partial charge in [-0.25, -0.2) is 4.68 Å². The summed E-state index contributed by atoms with van der Waals surface area (Å²) in [4.78, 5) is 26.9. The number of aromatic nitrogens is 2. The summed E-state index contributed by atoms with van der Waals surface area (Å²) in [5.74, 6) is 0.192. The van der Waals surface area contributed by atoms with Gasteiger partial charge < -0.3 is 15.0 Å². The van der Waals surface area contributed by atoms with Crippen molar-refractivity contribution < 1.29 is 14.3 Å². The average molecular weight is 469 g/mol. The normalized spacial score (nSPS) is 10.6. The maximum absolute atomic E-state index is 12.8. The lowest BCUT2D eigenvalue weighted by molar-refractivity contribution is -0.129. The number of benzene rings is 3. The number of para-hydroxylation sites is 1. The number of hydrogen-bond donors (Lipinski definition) is 1. The molecule has 7 heteroatoms. The van der Waals surface area contributed by atoms with Gasteiger partial charge in [0.05, 0.1) is 24.5 Å². The molecule has 0 saturated heterocycles. The van der Waals surface area contributed by atoms with E-state index in [1.807, 2.05) is 78.5 Å². The third-order valence-electron chi connectivity index (χ3n) is 5.52. The van der Waals surface area contributed by atoms with Gasteiger partial charge in [-0.15, -0.1) is 0 Å². The first-order chi connectivity index (χ1) is 17.0. The number of nitrogens with one attached hydrogen (secondary N) is 1. The first kappa shape index (κ1) is 23.8. The van der Waals surface area contributed by atoms with E-state index < -0.39 is 0 Å². The van der Waals surface area contributed by atoms with Crippen LogP contribution in [0, 0.1) is 0 Å². The van der Waals surface area contributed by atoms with E-state index in [0.29, 0.717) is 24.5 Å². The fourth-order valence-electron chi connectivity index (χ4n) is 3.68. The Kier molecular flexibility index (Phi) is 7.57. The smallest absolute Gasteiger partial charge is 0.251 e. The second-order valence-corrected chi connectivity index (χ2v) is 8.04. The van der Waals surface area contributed by atoms with Crippen LogP contribution in [0.5, 0.6) is 5.75 Å². The number of nitrogens with zero attached hydrogens (tertiary/aromatic N) is 3. The minimum Gasteiger partial charge on any atom is -0.494 e. The molecular formula is C28H28N4O3. The van der Waals surface area contributed by atoms with Crippen LogP contribution in [0.3, 0.4) is 0 Å². The molecule has 3 aromatic carbocycles. The van der Waals surface area contributed by atoms with E-state index in [0.717, 1.165) is 22.5 Å². The molecule has 0 unspecified atom stereocenters. The van der Waals surface area contributed by atoms with Gasteiger partial charge in [-0.1, -0.05) is 48.5 Å². The molecule has 0 saturated carbocycles. The lowest BCUT2D eigenvalue weighted by Crippen LogP contribution is -2.37. The van der Waals surface area contributed by atoms with E-state index in [-0.39, 0.29) is 18.4 Å². The van der Waals surface area contributed by atoms with Gasteiger partial charge in [0.15, 0.2) is 0 Å². The van der Waals surface area contributed by atoms with Crippen molar-refractivity contribution in [3.8, 4) is 22.7 Å². The number of carbonyl (C=O) groups is 2. The van der Waals surface area contributed by atoms with Gasteiger partial charge in [0, 0.05) is 36.5 Å². The molecule has 1 heterocycles. The molecule has 0 spiro atoms. The van der Waals surface area contributed by atoms with Gasteiger partial charge in [0.1, 0.15) is 5.75 Å². The van der Waals surface area contributed by atoms with Crippen molar-refractivity contribution in [2.24, 2.45) is 0 Å². The topological polar surface area (TPSA) is 76.5 Å². The van der Waals surface area contributed by atoms with Gasteiger partial charge in [0.2, 0.25) is 5.91 Å². The number of amides is 2. The monoisotopic (exact) mass is 468 g/mol. The molecule has 7 nitrogen and oxygen atoms in total. The third-order valence-corrected chi connectivity index (χ3v) is 5.52. The highest BCUT2D eigenvalue weighted by Gasteiger charge is 2.17. The van der Waals surface area contributed by atoms with E-state index in [9.17, 15) is 9.59 Å². The Bertz CT molecular complexity index is 1270. The number of ether oxygens (including phenoxy) is 1. The van der Waals surface area contributed by atoms with Crippen molar-refractivity contribution in [2.75, 3.05) is 20.2 Å². The van der Waals surface area contributed by atoms with Crippen LogP contribution >= 0.6 is 0 Å². The maximum atomic E-state index is 12.8. The van der Waals surface area contributed by atoms with Crippen molar-refractivity contribution in [2.45, 2.75) is 13.5 Å². The molecule has 4 rings (SSSR count).